The van der Waals surface area contributed by atoms with Crippen molar-refractivity contribution in [1.29, 1.82) is 0 Å². The van der Waals surface area contributed by atoms with Crippen molar-refractivity contribution in [2.45, 2.75) is 39.2 Å². The second kappa shape index (κ2) is 10.5. The summed E-state index contributed by atoms with van der Waals surface area (Å²) in [7, 11) is 0. The van der Waals surface area contributed by atoms with Crippen molar-refractivity contribution in [3.63, 3.8) is 0 Å². The molecule has 2 saturated heterocycles. The first-order chi connectivity index (χ1) is 16.0. The van der Waals surface area contributed by atoms with E-state index in [1.165, 1.54) is 0 Å². The minimum atomic E-state index is -0.267. The average molecular weight is 454 g/mol. The number of anilines is 2. The number of benzene rings is 1. The van der Waals surface area contributed by atoms with Crippen LogP contribution >= 0.6 is 0 Å². The summed E-state index contributed by atoms with van der Waals surface area (Å²) >= 11 is 0. The third-order valence-corrected chi connectivity index (χ3v) is 5.91. The number of unbranched alkanes of at least 4 members (excludes halogenated alkanes) is 1. The largest absolute Gasteiger partial charge is 0.489 e. The highest BCUT2D eigenvalue weighted by Gasteiger charge is 2.33. The molecule has 2 fully saturated rings. The highest BCUT2D eigenvalue weighted by atomic mass is 16.6. The minimum Gasteiger partial charge on any atom is -0.489 e. The Hall–Kier alpha value is -3.36. The van der Waals surface area contributed by atoms with Crippen molar-refractivity contribution in [3.8, 4) is 5.75 Å². The molecule has 0 saturated carbocycles. The molecule has 33 heavy (non-hydrogen) atoms. The van der Waals surface area contributed by atoms with Gasteiger partial charge in [-0.2, -0.15) is 5.10 Å². The predicted molar refractivity (Wildman–Crippen MR) is 124 cm³/mol. The molecule has 3 heterocycles. The quantitative estimate of drug-likeness (QED) is 0.613. The molecular weight excluding hydrogens is 422 g/mol. The maximum Gasteiger partial charge on any atom is 0.409 e. The zero-order valence-corrected chi connectivity index (χ0v) is 19.2. The molecule has 1 aromatic carbocycles. The Morgan fingerprint density at radius 2 is 1.88 bits per heavy atom. The highest BCUT2D eigenvalue weighted by Crippen LogP contribution is 2.25. The fraction of sp³-hybridized carbons (Fsp3) is 0.500. The van der Waals surface area contributed by atoms with Crippen LogP contribution in [0, 0.1) is 12.8 Å². The van der Waals surface area contributed by atoms with E-state index in [4.69, 9.17) is 9.47 Å². The maximum absolute atomic E-state index is 12.5. The van der Waals surface area contributed by atoms with Crippen molar-refractivity contribution in [1.82, 2.24) is 15.1 Å². The number of aromatic nitrogens is 2. The van der Waals surface area contributed by atoms with E-state index in [1.807, 2.05) is 48.2 Å². The van der Waals surface area contributed by atoms with Crippen LogP contribution in [-0.2, 0) is 9.53 Å². The monoisotopic (exact) mass is 453 g/mol. The number of nitrogens with zero attached hydrogens (tertiary/aromatic N) is 4. The minimum absolute atomic E-state index is 0.00647. The van der Waals surface area contributed by atoms with Gasteiger partial charge in [0.05, 0.1) is 24.8 Å². The number of rotatable bonds is 8. The van der Waals surface area contributed by atoms with Gasteiger partial charge in [-0.05, 0) is 49.7 Å². The lowest BCUT2D eigenvalue weighted by Gasteiger charge is -2.38. The van der Waals surface area contributed by atoms with Gasteiger partial charge in [0.1, 0.15) is 11.9 Å². The molecule has 176 valence electrons. The van der Waals surface area contributed by atoms with Gasteiger partial charge in [-0.3, -0.25) is 4.79 Å². The number of likely N-dealkylation sites (tertiary alicyclic amines) is 1. The smallest absolute Gasteiger partial charge is 0.409 e. The van der Waals surface area contributed by atoms with Crippen LogP contribution in [0.3, 0.4) is 0 Å². The molecule has 1 atom stereocenters. The van der Waals surface area contributed by atoms with Crippen LogP contribution in [0.25, 0.3) is 0 Å². The Morgan fingerprint density at radius 1 is 1.09 bits per heavy atom. The van der Waals surface area contributed by atoms with E-state index in [0.717, 1.165) is 36.5 Å². The molecule has 0 aliphatic carbocycles. The van der Waals surface area contributed by atoms with Gasteiger partial charge >= 0.3 is 6.09 Å². The second-order valence-corrected chi connectivity index (χ2v) is 8.59. The predicted octanol–water partition coefficient (Wildman–Crippen LogP) is 3.25. The maximum atomic E-state index is 12.5. The molecule has 2 aliphatic heterocycles. The fourth-order valence-corrected chi connectivity index (χ4v) is 3.83. The van der Waals surface area contributed by atoms with Gasteiger partial charge in [0, 0.05) is 31.7 Å². The first-order valence-electron chi connectivity index (χ1n) is 11.6. The van der Waals surface area contributed by atoms with Gasteiger partial charge in [-0.25, -0.2) is 4.79 Å². The summed E-state index contributed by atoms with van der Waals surface area (Å²) in [6, 6.07) is 11.2. The molecule has 0 radical (unpaired) electrons. The summed E-state index contributed by atoms with van der Waals surface area (Å²) in [5.41, 5.74) is 1.60. The lowest BCUT2D eigenvalue weighted by Crippen LogP contribution is -2.52. The summed E-state index contributed by atoms with van der Waals surface area (Å²) in [4.78, 5) is 28.3. The van der Waals surface area contributed by atoms with E-state index in [2.05, 4.69) is 22.4 Å². The molecule has 1 aromatic heterocycles. The van der Waals surface area contributed by atoms with Crippen LogP contribution in [0.1, 0.15) is 31.9 Å². The number of carbonyl (C=O) groups is 2. The zero-order valence-electron chi connectivity index (χ0n) is 19.2. The summed E-state index contributed by atoms with van der Waals surface area (Å²) in [6.07, 6.45) is 2.32. The van der Waals surface area contributed by atoms with E-state index >= 15 is 0 Å². The van der Waals surface area contributed by atoms with Crippen LogP contribution in [0.15, 0.2) is 36.4 Å². The molecule has 4 rings (SSSR count). The van der Waals surface area contributed by atoms with Crippen LogP contribution in [-0.4, -0.2) is 66.0 Å². The highest BCUT2D eigenvalue weighted by molar-refractivity contribution is 5.94. The Morgan fingerprint density at radius 3 is 2.58 bits per heavy atom. The number of ether oxygens (including phenoxy) is 2. The Labute approximate surface area is 194 Å². The molecule has 1 N–H and O–H groups in total. The van der Waals surface area contributed by atoms with E-state index < -0.39 is 0 Å². The molecule has 2 amide bonds. The van der Waals surface area contributed by atoms with Gasteiger partial charge < -0.3 is 24.6 Å². The van der Waals surface area contributed by atoms with Crippen molar-refractivity contribution < 1.29 is 19.1 Å². The summed E-state index contributed by atoms with van der Waals surface area (Å²) in [5, 5.41) is 11.2. The molecule has 2 aromatic rings. The molecule has 9 nitrogen and oxygen atoms in total. The Kier molecular flexibility index (Phi) is 7.26. The van der Waals surface area contributed by atoms with Crippen molar-refractivity contribution in [2.24, 2.45) is 5.92 Å². The van der Waals surface area contributed by atoms with Crippen molar-refractivity contribution >= 4 is 23.5 Å². The molecule has 1 unspecified atom stereocenters. The average Bonchev–Trinajstić information content (AvgIpc) is 3.24. The zero-order chi connectivity index (χ0) is 23.2. The van der Waals surface area contributed by atoms with Gasteiger partial charge in [-0.1, -0.05) is 13.3 Å². The first kappa shape index (κ1) is 22.8. The van der Waals surface area contributed by atoms with E-state index in [1.54, 1.807) is 4.90 Å². The SMILES string of the molecule is CCCCOC(=O)N1CCC(Oc2ccc(NC(=O)C3CN(c4ccc(C)nn4)C3)cc2)C1. The number of carbonyl (C=O) groups excluding carboxylic acids is 2. The van der Waals surface area contributed by atoms with Crippen molar-refractivity contribution in [3.05, 3.63) is 42.1 Å². The third kappa shape index (κ3) is 5.91. The fourth-order valence-electron chi connectivity index (χ4n) is 3.83. The topological polar surface area (TPSA) is 96.9 Å². The molecule has 2 aliphatic rings. The Bertz CT molecular complexity index is 944. The molecule has 0 bridgehead atoms. The van der Waals surface area contributed by atoms with E-state index in [0.29, 0.717) is 38.5 Å². The van der Waals surface area contributed by atoms with Crippen LogP contribution < -0.4 is 15.0 Å². The molecule has 9 heteroatoms. The van der Waals surface area contributed by atoms with Gasteiger partial charge in [-0.15, -0.1) is 5.10 Å². The number of aryl methyl sites for hydroxylation is 1. The van der Waals surface area contributed by atoms with Crippen LogP contribution in [0.5, 0.6) is 5.75 Å². The van der Waals surface area contributed by atoms with E-state index in [9.17, 15) is 9.59 Å². The van der Waals surface area contributed by atoms with Gasteiger partial charge in [0.2, 0.25) is 5.91 Å². The second-order valence-electron chi connectivity index (χ2n) is 8.59. The number of hydrogen-bond donors (Lipinski definition) is 1. The number of amides is 2. The number of hydrogen-bond acceptors (Lipinski definition) is 7. The lowest BCUT2D eigenvalue weighted by molar-refractivity contribution is -0.120. The normalized spacial score (nSPS) is 18.1. The molecule has 0 spiro atoms. The van der Waals surface area contributed by atoms with E-state index in [-0.39, 0.29) is 24.0 Å². The molecular formula is C24H31N5O4. The van der Waals surface area contributed by atoms with Crippen molar-refractivity contribution in [2.75, 3.05) is 43.0 Å². The summed E-state index contributed by atoms with van der Waals surface area (Å²) in [5.74, 6) is 1.43. The summed E-state index contributed by atoms with van der Waals surface area (Å²) in [6.45, 7) is 6.83. The third-order valence-electron chi connectivity index (χ3n) is 5.91. The number of nitrogens with one attached hydrogen (secondary N) is 1. The van der Waals surface area contributed by atoms with Gasteiger partial charge in [0.15, 0.2) is 5.82 Å². The first-order valence-corrected chi connectivity index (χ1v) is 11.6. The van der Waals surface area contributed by atoms with Crippen LogP contribution in [0.2, 0.25) is 0 Å². The lowest BCUT2D eigenvalue weighted by atomic mass is 9.99. The summed E-state index contributed by atoms with van der Waals surface area (Å²) < 4.78 is 11.3. The Balaban J connectivity index is 1.19. The van der Waals surface area contributed by atoms with Crippen LogP contribution in [0.4, 0.5) is 16.3 Å². The van der Waals surface area contributed by atoms with Gasteiger partial charge in [0.25, 0.3) is 0 Å². The standard InChI is InChI=1S/C24H31N5O4/c1-3-4-13-32-24(31)28-12-11-21(16-28)33-20-8-6-19(7-9-20)25-23(30)18-14-29(15-18)22-10-5-17(2)26-27-22/h5-10,18,21H,3-4,11-16H2,1-2H3,(H,25,30).